The molecule has 0 bridgehead atoms. The van der Waals surface area contributed by atoms with Gasteiger partial charge in [-0.05, 0) is 43.0 Å². The SMILES string of the molecule is CSc1ccc([C@@H]2C(C#N)=C(N)Oc3cc(C)n(Cc4ccco4)c(=O)c32)cc1. The van der Waals surface area contributed by atoms with Crippen molar-refractivity contribution in [1.29, 1.82) is 5.26 Å². The molecule has 1 aliphatic rings. The summed E-state index contributed by atoms with van der Waals surface area (Å²) in [6, 6.07) is 15.3. The van der Waals surface area contributed by atoms with Gasteiger partial charge in [0, 0.05) is 16.7 Å². The number of nitriles is 1. The number of hydrogen-bond acceptors (Lipinski definition) is 6. The molecule has 29 heavy (non-hydrogen) atoms. The van der Waals surface area contributed by atoms with Crippen LogP contribution in [0.5, 0.6) is 5.75 Å². The summed E-state index contributed by atoms with van der Waals surface area (Å²) in [7, 11) is 0. The van der Waals surface area contributed by atoms with Gasteiger partial charge in [-0.3, -0.25) is 4.79 Å². The van der Waals surface area contributed by atoms with Crippen molar-refractivity contribution in [3.8, 4) is 11.8 Å². The lowest BCUT2D eigenvalue weighted by Crippen LogP contribution is -2.33. The van der Waals surface area contributed by atoms with E-state index in [0.29, 0.717) is 23.6 Å². The van der Waals surface area contributed by atoms with Crippen LogP contribution in [-0.4, -0.2) is 10.8 Å². The van der Waals surface area contributed by atoms with Gasteiger partial charge in [0.05, 0.1) is 24.3 Å². The van der Waals surface area contributed by atoms with Crippen molar-refractivity contribution < 1.29 is 9.15 Å². The Morgan fingerprint density at radius 3 is 2.66 bits per heavy atom. The molecule has 0 unspecified atom stereocenters. The Morgan fingerprint density at radius 2 is 2.03 bits per heavy atom. The predicted molar refractivity (Wildman–Crippen MR) is 111 cm³/mol. The first-order valence-electron chi connectivity index (χ1n) is 9.01. The molecule has 0 radical (unpaired) electrons. The fourth-order valence-corrected chi connectivity index (χ4v) is 3.98. The van der Waals surface area contributed by atoms with Gasteiger partial charge < -0.3 is 19.5 Å². The Bertz CT molecular complexity index is 1190. The van der Waals surface area contributed by atoms with E-state index in [1.165, 1.54) is 0 Å². The number of pyridine rings is 1. The molecule has 0 fully saturated rings. The third-order valence-electron chi connectivity index (χ3n) is 5.03. The normalized spacial score (nSPS) is 15.6. The highest BCUT2D eigenvalue weighted by molar-refractivity contribution is 7.98. The van der Waals surface area contributed by atoms with Crippen LogP contribution in [0.25, 0.3) is 0 Å². The number of nitrogens with two attached hydrogens (primary N) is 1. The average Bonchev–Trinajstić information content (AvgIpc) is 3.23. The first kappa shape index (κ1) is 19.0. The zero-order valence-electron chi connectivity index (χ0n) is 16.0. The summed E-state index contributed by atoms with van der Waals surface area (Å²) >= 11 is 1.62. The molecule has 1 aliphatic heterocycles. The maximum absolute atomic E-state index is 13.5. The van der Waals surface area contributed by atoms with Crippen molar-refractivity contribution in [3.05, 3.63) is 93.1 Å². The molecule has 0 saturated heterocycles. The van der Waals surface area contributed by atoms with E-state index in [4.69, 9.17) is 14.9 Å². The van der Waals surface area contributed by atoms with Crippen molar-refractivity contribution in [3.63, 3.8) is 0 Å². The van der Waals surface area contributed by atoms with Crippen molar-refractivity contribution >= 4 is 11.8 Å². The highest BCUT2D eigenvalue weighted by atomic mass is 32.2. The van der Waals surface area contributed by atoms with E-state index >= 15 is 0 Å². The molecule has 3 heterocycles. The highest BCUT2D eigenvalue weighted by Crippen LogP contribution is 2.40. The van der Waals surface area contributed by atoms with Crippen LogP contribution in [0.1, 0.15) is 28.5 Å². The molecule has 0 saturated carbocycles. The van der Waals surface area contributed by atoms with Crippen LogP contribution >= 0.6 is 11.8 Å². The van der Waals surface area contributed by atoms with Crippen molar-refractivity contribution in [2.75, 3.05) is 6.26 Å². The second kappa shape index (κ2) is 7.57. The minimum absolute atomic E-state index is 0.0292. The standard InChI is InChI=1S/C22H19N3O3S/c1-13-10-18-20(22(26)25(13)12-15-4-3-9-27-15)19(17(11-23)21(24)28-18)14-5-7-16(29-2)8-6-14/h3-10,19H,12,24H2,1-2H3/t19-/m1/s1. The van der Waals surface area contributed by atoms with Gasteiger partial charge >= 0.3 is 0 Å². The van der Waals surface area contributed by atoms with Crippen LogP contribution in [-0.2, 0) is 6.54 Å². The Labute approximate surface area is 172 Å². The van der Waals surface area contributed by atoms with E-state index in [-0.39, 0.29) is 17.0 Å². The van der Waals surface area contributed by atoms with E-state index in [1.54, 1.807) is 34.7 Å². The molecule has 7 heteroatoms. The Morgan fingerprint density at radius 1 is 1.28 bits per heavy atom. The number of allylic oxidation sites excluding steroid dienone is 1. The summed E-state index contributed by atoms with van der Waals surface area (Å²) in [4.78, 5) is 14.6. The number of aryl methyl sites for hydroxylation is 1. The van der Waals surface area contributed by atoms with E-state index in [9.17, 15) is 10.1 Å². The average molecular weight is 405 g/mol. The Kier molecular flexibility index (Phi) is 4.95. The number of rotatable bonds is 4. The van der Waals surface area contributed by atoms with Gasteiger partial charge in [0.15, 0.2) is 0 Å². The van der Waals surface area contributed by atoms with Gasteiger partial charge in [0.2, 0.25) is 5.88 Å². The zero-order chi connectivity index (χ0) is 20.5. The predicted octanol–water partition coefficient (Wildman–Crippen LogP) is 3.74. The Hall–Kier alpha value is -3.37. The van der Waals surface area contributed by atoms with E-state index < -0.39 is 5.92 Å². The molecule has 2 N–H and O–H groups in total. The number of furan rings is 1. The van der Waals surface area contributed by atoms with E-state index in [0.717, 1.165) is 16.2 Å². The van der Waals surface area contributed by atoms with Crippen LogP contribution in [0.4, 0.5) is 0 Å². The molecule has 0 spiro atoms. The third-order valence-corrected chi connectivity index (χ3v) is 5.78. The fourth-order valence-electron chi connectivity index (χ4n) is 3.57. The number of thioether (sulfide) groups is 1. The molecular formula is C22H19N3O3S. The maximum Gasteiger partial charge on any atom is 0.259 e. The van der Waals surface area contributed by atoms with Gasteiger partial charge in [0.25, 0.3) is 5.56 Å². The summed E-state index contributed by atoms with van der Waals surface area (Å²) < 4.78 is 12.7. The maximum atomic E-state index is 13.5. The van der Waals surface area contributed by atoms with Gasteiger partial charge in [-0.15, -0.1) is 11.8 Å². The van der Waals surface area contributed by atoms with Crippen molar-refractivity contribution in [2.24, 2.45) is 5.73 Å². The quantitative estimate of drug-likeness (QED) is 0.665. The summed E-state index contributed by atoms with van der Waals surface area (Å²) in [5, 5.41) is 9.75. The number of ether oxygens (including phenoxy) is 1. The van der Waals surface area contributed by atoms with E-state index in [2.05, 4.69) is 6.07 Å². The number of aromatic nitrogens is 1. The third kappa shape index (κ3) is 3.32. The first-order valence-corrected chi connectivity index (χ1v) is 10.2. The van der Waals surface area contributed by atoms with Crippen LogP contribution in [0.2, 0.25) is 0 Å². The fraction of sp³-hybridized carbons (Fsp3) is 0.182. The lowest BCUT2D eigenvalue weighted by atomic mass is 9.84. The number of fused-ring (bicyclic) bond motifs is 1. The van der Waals surface area contributed by atoms with Crippen LogP contribution < -0.4 is 16.0 Å². The largest absolute Gasteiger partial charge is 0.467 e. The summed E-state index contributed by atoms with van der Waals surface area (Å²) in [5.74, 6) is 0.499. The number of benzene rings is 1. The minimum atomic E-state index is -0.587. The Balaban J connectivity index is 1.92. The van der Waals surface area contributed by atoms with Gasteiger partial charge in [0.1, 0.15) is 23.2 Å². The van der Waals surface area contributed by atoms with Gasteiger partial charge in [-0.1, -0.05) is 12.1 Å². The molecule has 2 aromatic heterocycles. The summed E-state index contributed by atoms with van der Waals surface area (Å²) in [6.07, 6.45) is 3.57. The molecule has 0 aliphatic carbocycles. The molecule has 146 valence electrons. The van der Waals surface area contributed by atoms with Crippen molar-refractivity contribution in [1.82, 2.24) is 4.57 Å². The zero-order valence-corrected chi connectivity index (χ0v) is 16.8. The molecule has 4 rings (SSSR count). The first-order chi connectivity index (χ1) is 14.0. The van der Waals surface area contributed by atoms with Gasteiger partial charge in [-0.25, -0.2) is 0 Å². The second-order valence-corrected chi connectivity index (χ2v) is 7.61. The van der Waals surface area contributed by atoms with Crippen LogP contribution in [0.15, 0.2) is 74.3 Å². The van der Waals surface area contributed by atoms with E-state index in [1.807, 2.05) is 43.5 Å². The second-order valence-electron chi connectivity index (χ2n) is 6.73. The van der Waals surface area contributed by atoms with Crippen molar-refractivity contribution in [2.45, 2.75) is 24.3 Å². The topological polar surface area (TPSA) is 94.2 Å². The molecular weight excluding hydrogens is 386 g/mol. The lowest BCUT2D eigenvalue weighted by molar-refractivity contribution is 0.387. The molecule has 1 atom stereocenters. The summed E-state index contributed by atoms with van der Waals surface area (Å²) in [6.45, 7) is 2.13. The molecule has 1 aromatic carbocycles. The summed E-state index contributed by atoms with van der Waals surface area (Å²) in [5.41, 5.74) is 7.99. The monoisotopic (exact) mass is 405 g/mol. The molecule has 6 nitrogen and oxygen atoms in total. The van der Waals surface area contributed by atoms with Crippen LogP contribution in [0.3, 0.4) is 0 Å². The van der Waals surface area contributed by atoms with Crippen LogP contribution in [0, 0.1) is 18.3 Å². The smallest absolute Gasteiger partial charge is 0.259 e. The van der Waals surface area contributed by atoms with Gasteiger partial charge in [-0.2, -0.15) is 5.26 Å². The minimum Gasteiger partial charge on any atom is -0.467 e. The molecule has 0 amide bonds. The number of hydrogen-bond donors (Lipinski definition) is 1. The lowest BCUT2D eigenvalue weighted by Gasteiger charge is -2.27. The molecule has 3 aromatic rings. The highest BCUT2D eigenvalue weighted by Gasteiger charge is 2.34. The number of nitrogens with zero attached hydrogens (tertiary/aromatic N) is 2.